The summed E-state index contributed by atoms with van der Waals surface area (Å²) in [6, 6.07) is 0.447. The Bertz CT molecular complexity index is 442. The van der Waals surface area contributed by atoms with Crippen LogP contribution in [0.4, 0.5) is 5.13 Å². The Kier molecular flexibility index (Phi) is 4.58. The molecule has 5 heteroatoms. The summed E-state index contributed by atoms with van der Waals surface area (Å²) >= 11 is 1.87. The van der Waals surface area contributed by atoms with Crippen molar-refractivity contribution >= 4 is 16.5 Å². The first-order valence-corrected chi connectivity index (χ1v) is 8.59. The van der Waals surface area contributed by atoms with E-state index >= 15 is 0 Å². The maximum atomic E-state index is 5.84. The summed E-state index contributed by atoms with van der Waals surface area (Å²) in [7, 11) is 4.19. The first kappa shape index (κ1) is 14.3. The number of nitrogens with zero attached hydrogens (tertiary/aromatic N) is 2. The number of thiazole rings is 1. The Balaban J connectivity index is 1.68. The van der Waals surface area contributed by atoms with E-state index in [2.05, 4.69) is 17.3 Å². The van der Waals surface area contributed by atoms with Crippen LogP contribution in [0.25, 0.3) is 0 Å². The van der Waals surface area contributed by atoms with E-state index in [-0.39, 0.29) is 0 Å². The highest BCUT2D eigenvalue weighted by molar-refractivity contribution is 7.15. The molecule has 0 bridgehead atoms. The summed E-state index contributed by atoms with van der Waals surface area (Å²) in [5.74, 6) is 0. The smallest absolute Gasteiger partial charge is 0.185 e. The second kappa shape index (κ2) is 6.41. The molecule has 1 aromatic rings. The van der Waals surface area contributed by atoms with Gasteiger partial charge in [-0.15, -0.1) is 11.3 Å². The number of fused-ring (bicyclic) bond motifs is 1. The van der Waals surface area contributed by atoms with Crippen molar-refractivity contribution in [3.05, 3.63) is 10.6 Å². The van der Waals surface area contributed by atoms with Gasteiger partial charge in [-0.1, -0.05) is 0 Å². The number of aryl methyl sites for hydroxylation is 1. The van der Waals surface area contributed by atoms with Gasteiger partial charge in [-0.05, 0) is 45.6 Å². The molecule has 0 spiro atoms. The molecule has 2 unspecified atom stereocenters. The van der Waals surface area contributed by atoms with E-state index in [0.29, 0.717) is 12.1 Å². The third kappa shape index (κ3) is 3.00. The van der Waals surface area contributed by atoms with E-state index in [1.165, 1.54) is 49.1 Å². The van der Waals surface area contributed by atoms with Gasteiger partial charge < -0.3 is 15.0 Å². The van der Waals surface area contributed by atoms with Crippen LogP contribution in [0.5, 0.6) is 0 Å². The average Bonchev–Trinajstić information content (AvgIpc) is 2.92. The van der Waals surface area contributed by atoms with E-state index in [9.17, 15) is 0 Å². The van der Waals surface area contributed by atoms with Crippen molar-refractivity contribution in [1.82, 2.24) is 10.3 Å². The topological polar surface area (TPSA) is 37.4 Å². The Morgan fingerprint density at radius 2 is 2.25 bits per heavy atom. The lowest BCUT2D eigenvalue weighted by Crippen LogP contribution is -2.33. The zero-order valence-corrected chi connectivity index (χ0v) is 13.3. The molecule has 20 heavy (non-hydrogen) atoms. The minimum Gasteiger partial charge on any atom is -0.376 e. The molecular weight excluding hydrogens is 270 g/mol. The van der Waals surface area contributed by atoms with Gasteiger partial charge in [-0.25, -0.2) is 4.98 Å². The van der Waals surface area contributed by atoms with Crippen molar-refractivity contribution in [2.75, 3.05) is 32.1 Å². The summed E-state index contributed by atoms with van der Waals surface area (Å²) in [4.78, 5) is 8.65. The maximum Gasteiger partial charge on any atom is 0.185 e. The molecule has 4 nitrogen and oxygen atoms in total. The molecule has 1 aliphatic heterocycles. The normalized spacial score (nSPS) is 26.3. The molecule has 0 radical (unpaired) electrons. The van der Waals surface area contributed by atoms with Gasteiger partial charge >= 0.3 is 0 Å². The van der Waals surface area contributed by atoms with Crippen molar-refractivity contribution < 1.29 is 4.74 Å². The van der Waals surface area contributed by atoms with Gasteiger partial charge in [-0.3, -0.25) is 0 Å². The van der Waals surface area contributed by atoms with Crippen molar-refractivity contribution in [3.63, 3.8) is 0 Å². The standard InChI is InChI=1S/C15H25N3OS/c1-16-12-7-5-8-13-14(12)17-15(20-13)18(2)10-11-6-3-4-9-19-11/h11-12,16H,3-10H2,1-2H3. The second-order valence-electron chi connectivity index (χ2n) is 5.91. The number of rotatable bonds is 4. The van der Waals surface area contributed by atoms with Gasteiger partial charge in [0.25, 0.3) is 0 Å². The fourth-order valence-electron chi connectivity index (χ4n) is 3.18. The summed E-state index contributed by atoms with van der Waals surface area (Å²) in [5, 5.41) is 4.55. The summed E-state index contributed by atoms with van der Waals surface area (Å²) in [6.07, 6.45) is 7.77. The number of hydrogen-bond donors (Lipinski definition) is 1. The zero-order chi connectivity index (χ0) is 13.9. The number of anilines is 1. The first-order chi connectivity index (χ1) is 9.78. The molecule has 3 rings (SSSR count). The van der Waals surface area contributed by atoms with Crippen molar-refractivity contribution in [1.29, 1.82) is 0 Å². The van der Waals surface area contributed by atoms with E-state index in [1.54, 1.807) is 0 Å². The minimum absolute atomic E-state index is 0.384. The molecule has 0 aromatic carbocycles. The molecule has 1 N–H and O–H groups in total. The predicted molar refractivity (Wildman–Crippen MR) is 83.7 cm³/mol. The van der Waals surface area contributed by atoms with E-state index in [4.69, 9.17) is 9.72 Å². The molecule has 2 aliphatic rings. The molecule has 2 heterocycles. The van der Waals surface area contributed by atoms with Crippen LogP contribution in [0.15, 0.2) is 0 Å². The Labute approximate surface area is 125 Å². The molecule has 112 valence electrons. The lowest BCUT2D eigenvalue weighted by Gasteiger charge is -2.27. The highest BCUT2D eigenvalue weighted by atomic mass is 32.1. The summed E-state index contributed by atoms with van der Waals surface area (Å²) in [5.41, 5.74) is 1.29. The monoisotopic (exact) mass is 295 g/mol. The van der Waals surface area contributed by atoms with E-state index < -0.39 is 0 Å². The molecule has 2 atom stereocenters. The minimum atomic E-state index is 0.384. The molecule has 1 aliphatic carbocycles. The van der Waals surface area contributed by atoms with Gasteiger partial charge in [0, 0.05) is 25.1 Å². The van der Waals surface area contributed by atoms with Crippen molar-refractivity contribution in [3.8, 4) is 0 Å². The third-order valence-electron chi connectivity index (χ3n) is 4.37. The third-order valence-corrected chi connectivity index (χ3v) is 5.61. The van der Waals surface area contributed by atoms with Crippen LogP contribution in [0, 0.1) is 0 Å². The SMILES string of the molecule is CNC1CCCc2sc(N(C)CC3CCCCO3)nc21. The van der Waals surface area contributed by atoms with E-state index in [1.807, 2.05) is 18.4 Å². The Hall–Kier alpha value is -0.650. The molecule has 1 aromatic heterocycles. The van der Waals surface area contributed by atoms with Crippen LogP contribution in [0.2, 0.25) is 0 Å². The van der Waals surface area contributed by atoms with Gasteiger partial charge in [0.1, 0.15) is 0 Å². The van der Waals surface area contributed by atoms with E-state index in [0.717, 1.165) is 18.3 Å². The molecule has 0 saturated carbocycles. The fraction of sp³-hybridized carbons (Fsp3) is 0.800. The van der Waals surface area contributed by atoms with Crippen LogP contribution in [0.3, 0.4) is 0 Å². The predicted octanol–water partition coefficient (Wildman–Crippen LogP) is 2.75. The largest absolute Gasteiger partial charge is 0.376 e. The molecular formula is C15H25N3OS. The Morgan fingerprint density at radius 1 is 1.35 bits per heavy atom. The summed E-state index contributed by atoms with van der Waals surface area (Å²) < 4.78 is 5.84. The van der Waals surface area contributed by atoms with Crippen LogP contribution >= 0.6 is 11.3 Å². The number of nitrogens with one attached hydrogen (secondary N) is 1. The fourth-order valence-corrected chi connectivity index (χ4v) is 4.32. The average molecular weight is 295 g/mol. The quantitative estimate of drug-likeness (QED) is 0.927. The highest BCUT2D eigenvalue weighted by Gasteiger charge is 2.25. The number of ether oxygens (including phenoxy) is 1. The van der Waals surface area contributed by atoms with Crippen LogP contribution in [-0.4, -0.2) is 38.3 Å². The molecule has 1 fully saturated rings. The van der Waals surface area contributed by atoms with Gasteiger partial charge in [0.15, 0.2) is 5.13 Å². The molecule has 1 saturated heterocycles. The van der Waals surface area contributed by atoms with Crippen LogP contribution < -0.4 is 10.2 Å². The lowest BCUT2D eigenvalue weighted by molar-refractivity contribution is 0.0216. The van der Waals surface area contributed by atoms with Crippen LogP contribution in [-0.2, 0) is 11.2 Å². The lowest BCUT2D eigenvalue weighted by atomic mass is 9.98. The maximum absolute atomic E-state index is 5.84. The Morgan fingerprint density at radius 3 is 3.00 bits per heavy atom. The van der Waals surface area contributed by atoms with Crippen LogP contribution in [0.1, 0.15) is 48.7 Å². The van der Waals surface area contributed by atoms with Gasteiger partial charge in [0.05, 0.1) is 17.8 Å². The second-order valence-corrected chi connectivity index (χ2v) is 6.97. The van der Waals surface area contributed by atoms with Gasteiger partial charge in [-0.2, -0.15) is 0 Å². The number of hydrogen-bond acceptors (Lipinski definition) is 5. The number of likely N-dealkylation sites (N-methyl/N-ethyl adjacent to an activating group) is 1. The zero-order valence-electron chi connectivity index (χ0n) is 12.5. The summed E-state index contributed by atoms with van der Waals surface area (Å²) in [6.45, 7) is 1.89. The first-order valence-electron chi connectivity index (χ1n) is 7.77. The van der Waals surface area contributed by atoms with Gasteiger partial charge in [0.2, 0.25) is 0 Å². The molecule has 0 amide bonds. The highest BCUT2D eigenvalue weighted by Crippen LogP contribution is 2.36. The number of aromatic nitrogens is 1. The van der Waals surface area contributed by atoms with Crippen molar-refractivity contribution in [2.24, 2.45) is 0 Å². The van der Waals surface area contributed by atoms with Crippen molar-refractivity contribution in [2.45, 2.75) is 50.7 Å².